The fourth-order valence-electron chi connectivity index (χ4n) is 4.37. The fourth-order valence-corrected chi connectivity index (χ4v) is 5.17. The van der Waals surface area contributed by atoms with Crippen LogP contribution in [-0.2, 0) is 20.9 Å². The molecule has 0 radical (unpaired) electrons. The molecule has 3 heterocycles. The van der Waals surface area contributed by atoms with Gasteiger partial charge in [0.1, 0.15) is 11.6 Å². The third-order valence-electron chi connectivity index (χ3n) is 5.63. The molecule has 0 aromatic carbocycles. The Kier molecular flexibility index (Phi) is 4.94. The van der Waals surface area contributed by atoms with Crippen molar-refractivity contribution in [3.8, 4) is 0 Å². The minimum absolute atomic E-state index is 0.0591. The minimum atomic E-state index is -0.314. The van der Waals surface area contributed by atoms with Gasteiger partial charge in [0.2, 0.25) is 16.9 Å². The standard InChI is InChI=1S/C17H24N4O4S/c1-2-25-9-14-18-19-17(26-14)21-8-12(5-15(21)23)16(24)20-6-10-3-13(22)4-11(10)7-20/h10-13,22H,2-9H2,1H3/t10-,11+,12?,13?. The average Bonchev–Trinajstić information content (AvgIpc) is 3.35. The molecule has 3 fully saturated rings. The lowest BCUT2D eigenvalue weighted by Crippen LogP contribution is -2.36. The maximum atomic E-state index is 12.9. The van der Waals surface area contributed by atoms with Crippen LogP contribution in [0.4, 0.5) is 5.13 Å². The van der Waals surface area contributed by atoms with Gasteiger partial charge in [-0.2, -0.15) is 0 Å². The molecule has 4 rings (SSSR count). The Balaban J connectivity index is 1.37. The van der Waals surface area contributed by atoms with Gasteiger partial charge in [-0.25, -0.2) is 0 Å². The van der Waals surface area contributed by atoms with E-state index in [9.17, 15) is 14.7 Å². The number of rotatable bonds is 5. The second-order valence-corrected chi connectivity index (χ2v) is 8.45. The van der Waals surface area contributed by atoms with Crippen LogP contribution in [0, 0.1) is 17.8 Å². The third kappa shape index (κ3) is 3.35. The maximum absolute atomic E-state index is 12.9. The SMILES string of the molecule is CCOCc1nnc(N2CC(C(=O)N3C[C@H]4CC(O)C[C@H]4C3)CC2=O)s1. The monoisotopic (exact) mass is 380 g/mol. The molecule has 2 unspecified atom stereocenters. The lowest BCUT2D eigenvalue weighted by atomic mass is 10.0. The topological polar surface area (TPSA) is 95.9 Å². The van der Waals surface area contributed by atoms with E-state index in [0.717, 1.165) is 17.8 Å². The Morgan fingerprint density at radius 2 is 2.00 bits per heavy atom. The highest BCUT2D eigenvalue weighted by atomic mass is 32.1. The Hall–Kier alpha value is -1.58. The zero-order valence-corrected chi connectivity index (χ0v) is 15.7. The molecule has 3 aliphatic rings. The van der Waals surface area contributed by atoms with Crippen molar-refractivity contribution in [1.82, 2.24) is 15.1 Å². The van der Waals surface area contributed by atoms with Crippen LogP contribution in [0.2, 0.25) is 0 Å². The molecule has 4 atom stereocenters. The van der Waals surface area contributed by atoms with Crippen molar-refractivity contribution in [2.45, 2.75) is 38.9 Å². The number of aliphatic hydroxyl groups excluding tert-OH is 1. The first kappa shape index (κ1) is 17.8. The average molecular weight is 380 g/mol. The number of likely N-dealkylation sites (tertiary alicyclic amines) is 1. The lowest BCUT2D eigenvalue weighted by molar-refractivity contribution is -0.135. The number of carbonyl (C=O) groups excluding carboxylic acids is 2. The van der Waals surface area contributed by atoms with Gasteiger partial charge in [-0.3, -0.25) is 14.5 Å². The van der Waals surface area contributed by atoms with Crippen LogP contribution in [0.1, 0.15) is 31.2 Å². The minimum Gasteiger partial charge on any atom is -0.393 e. The molecule has 2 amide bonds. The van der Waals surface area contributed by atoms with Gasteiger partial charge in [0.15, 0.2) is 0 Å². The summed E-state index contributed by atoms with van der Waals surface area (Å²) in [5.41, 5.74) is 0. The van der Waals surface area contributed by atoms with E-state index in [1.807, 2.05) is 11.8 Å². The van der Waals surface area contributed by atoms with Gasteiger partial charge in [-0.05, 0) is 31.6 Å². The summed E-state index contributed by atoms with van der Waals surface area (Å²) in [6.45, 7) is 4.69. The number of carbonyl (C=O) groups is 2. The molecule has 0 bridgehead atoms. The van der Waals surface area contributed by atoms with Crippen LogP contribution < -0.4 is 4.90 Å². The zero-order valence-electron chi connectivity index (χ0n) is 14.8. The maximum Gasteiger partial charge on any atom is 0.229 e. The summed E-state index contributed by atoms with van der Waals surface area (Å²) in [5.74, 6) is 0.490. The summed E-state index contributed by atoms with van der Waals surface area (Å²) in [6, 6.07) is 0. The molecule has 1 aromatic heterocycles. The molecular formula is C17H24N4O4S. The van der Waals surface area contributed by atoms with Crippen LogP contribution in [0.3, 0.4) is 0 Å². The van der Waals surface area contributed by atoms with Gasteiger partial charge < -0.3 is 14.7 Å². The summed E-state index contributed by atoms with van der Waals surface area (Å²) in [5, 5.41) is 19.2. The number of fused-ring (bicyclic) bond motifs is 1. The molecule has 9 heteroatoms. The molecule has 142 valence electrons. The van der Waals surface area contributed by atoms with Gasteiger partial charge in [0, 0.05) is 32.7 Å². The molecular weight excluding hydrogens is 356 g/mol. The van der Waals surface area contributed by atoms with E-state index in [4.69, 9.17) is 4.74 Å². The van der Waals surface area contributed by atoms with E-state index in [0.29, 0.717) is 49.8 Å². The second-order valence-electron chi connectivity index (χ2n) is 7.41. The fraction of sp³-hybridized carbons (Fsp3) is 0.765. The quantitative estimate of drug-likeness (QED) is 0.806. The molecule has 8 nitrogen and oxygen atoms in total. The number of ether oxygens (including phenoxy) is 1. The smallest absolute Gasteiger partial charge is 0.229 e. The van der Waals surface area contributed by atoms with Crippen LogP contribution in [0.5, 0.6) is 0 Å². The largest absolute Gasteiger partial charge is 0.393 e. The molecule has 26 heavy (non-hydrogen) atoms. The number of aromatic nitrogens is 2. The van der Waals surface area contributed by atoms with E-state index >= 15 is 0 Å². The van der Waals surface area contributed by atoms with E-state index in [2.05, 4.69) is 10.2 Å². The van der Waals surface area contributed by atoms with Gasteiger partial charge in [0.05, 0.1) is 12.0 Å². The van der Waals surface area contributed by atoms with Gasteiger partial charge in [0.25, 0.3) is 0 Å². The Morgan fingerprint density at radius 3 is 2.69 bits per heavy atom. The second kappa shape index (κ2) is 7.21. The summed E-state index contributed by atoms with van der Waals surface area (Å²) >= 11 is 1.34. The van der Waals surface area contributed by atoms with Gasteiger partial charge >= 0.3 is 0 Å². The third-order valence-corrected chi connectivity index (χ3v) is 6.55. The number of aliphatic hydroxyl groups is 1. The normalized spacial score (nSPS) is 31.1. The van der Waals surface area contributed by atoms with Crippen molar-refractivity contribution in [2.24, 2.45) is 17.8 Å². The molecule has 2 aliphatic heterocycles. The summed E-state index contributed by atoms with van der Waals surface area (Å²) in [4.78, 5) is 28.7. The van der Waals surface area contributed by atoms with Crippen LogP contribution in [0.25, 0.3) is 0 Å². The molecule has 1 aromatic rings. The number of nitrogens with zero attached hydrogens (tertiary/aromatic N) is 4. The van der Waals surface area contributed by atoms with Crippen molar-refractivity contribution < 1.29 is 19.4 Å². The first-order valence-corrected chi connectivity index (χ1v) is 10.0. The van der Waals surface area contributed by atoms with Crippen LogP contribution >= 0.6 is 11.3 Å². The van der Waals surface area contributed by atoms with Crippen molar-refractivity contribution >= 4 is 28.3 Å². The molecule has 2 saturated heterocycles. The van der Waals surface area contributed by atoms with Crippen molar-refractivity contribution in [1.29, 1.82) is 0 Å². The molecule has 1 N–H and O–H groups in total. The lowest BCUT2D eigenvalue weighted by Gasteiger charge is -2.21. The number of hydrogen-bond acceptors (Lipinski definition) is 7. The van der Waals surface area contributed by atoms with Crippen LogP contribution in [-0.4, -0.2) is 64.4 Å². The molecule has 0 spiro atoms. The number of anilines is 1. The highest BCUT2D eigenvalue weighted by Gasteiger charge is 2.45. The summed E-state index contributed by atoms with van der Waals surface area (Å²) in [6.07, 6.45) is 1.59. The number of amides is 2. The Labute approximate surface area is 156 Å². The predicted molar refractivity (Wildman–Crippen MR) is 94.5 cm³/mol. The summed E-state index contributed by atoms with van der Waals surface area (Å²) in [7, 11) is 0. The van der Waals surface area contributed by atoms with E-state index < -0.39 is 0 Å². The Morgan fingerprint density at radius 1 is 1.27 bits per heavy atom. The van der Waals surface area contributed by atoms with Crippen molar-refractivity contribution in [3.05, 3.63) is 5.01 Å². The Bertz CT molecular complexity index is 682. The zero-order chi connectivity index (χ0) is 18.3. The molecule has 1 saturated carbocycles. The van der Waals surface area contributed by atoms with Gasteiger partial charge in [-0.15, -0.1) is 10.2 Å². The highest BCUT2D eigenvalue weighted by molar-refractivity contribution is 7.15. The van der Waals surface area contributed by atoms with Crippen molar-refractivity contribution in [2.75, 3.05) is 31.1 Å². The van der Waals surface area contributed by atoms with E-state index in [1.165, 1.54) is 11.3 Å². The van der Waals surface area contributed by atoms with E-state index in [-0.39, 0.29) is 30.3 Å². The molecule has 1 aliphatic carbocycles. The first-order valence-electron chi connectivity index (χ1n) is 9.22. The number of hydrogen-bond donors (Lipinski definition) is 1. The summed E-state index contributed by atoms with van der Waals surface area (Å²) < 4.78 is 5.32. The van der Waals surface area contributed by atoms with Crippen LogP contribution in [0.15, 0.2) is 0 Å². The first-order chi connectivity index (χ1) is 12.5. The van der Waals surface area contributed by atoms with E-state index in [1.54, 1.807) is 4.90 Å². The van der Waals surface area contributed by atoms with Gasteiger partial charge in [-0.1, -0.05) is 11.3 Å². The highest BCUT2D eigenvalue weighted by Crippen LogP contribution is 2.39. The predicted octanol–water partition coefficient (Wildman–Crippen LogP) is 0.657. The van der Waals surface area contributed by atoms with Crippen molar-refractivity contribution in [3.63, 3.8) is 0 Å².